The van der Waals surface area contributed by atoms with Crippen molar-refractivity contribution in [1.82, 2.24) is 9.80 Å². The third-order valence-corrected chi connectivity index (χ3v) is 6.80. The van der Waals surface area contributed by atoms with Crippen molar-refractivity contribution < 1.29 is 28.6 Å². The monoisotopic (exact) mass is 465 g/mol. The number of likely N-dealkylation sites (tertiary alicyclic amines) is 1. The number of hydrogen-bond donors (Lipinski definition) is 1. The van der Waals surface area contributed by atoms with E-state index in [4.69, 9.17) is 4.74 Å². The highest BCUT2D eigenvalue weighted by Crippen LogP contribution is 2.53. The van der Waals surface area contributed by atoms with E-state index in [-0.39, 0.29) is 17.7 Å². The first-order chi connectivity index (χ1) is 16.4. The lowest BCUT2D eigenvalue weighted by Crippen LogP contribution is -2.53. The predicted molar refractivity (Wildman–Crippen MR) is 121 cm³/mol. The van der Waals surface area contributed by atoms with Crippen LogP contribution in [0.4, 0.5) is 10.1 Å². The van der Waals surface area contributed by atoms with E-state index in [9.17, 15) is 23.9 Å². The molecule has 2 aromatic rings. The minimum absolute atomic E-state index is 0.110. The fraction of sp³-hybridized carbons (Fsp3) is 0.320. The van der Waals surface area contributed by atoms with Crippen molar-refractivity contribution in [3.63, 3.8) is 0 Å². The van der Waals surface area contributed by atoms with Gasteiger partial charge in [-0.2, -0.15) is 0 Å². The van der Waals surface area contributed by atoms with Gasteiger partial charge in [-0.15, -0.1) is 0 Å². The number of halogens is 1. The third-order valence-electron chi connectivity index (χ3n) is 6.80. The summed E-state index contributed by atoms with van der Waals surface area (Å²) in [5, 5.41) is 11.2. The molecule has 2 fully saturated rings. The highest BCUT2D eigenvalue weighted by Gasteiger charge is 2.66. The zero-order valence-electron chi connectivity index (χ0n) is 18.7. The minimum Gasteiger partial charge on any atom is -0.507 e. The molecule has 176 valence electrons. The maximum atomic E-state index is 13.9. The molecule has 0 aromatic heterocycles. The molecule has 0 radical (unpaired) electrons. The highest BCUT2D eigenvalue weighted by molar-refractivity contribution is 6.50. The summed E-state index contributed by atoms with van der Waals surface area (Å²) in [5.41, 5.74) is -0.952. The minimum atomic E-state index is -1.80. The molecular weight excluding hydrogens is 441 g/mol. The second-order valence-corrected chi connectivity index (χ2v) is 8.56. The van der Waals surface area contributed by atoms with Gasteiger partial charge in [0.1, 0.15) is 11.6 Å². The lowest BCUT2D eigenvalue weighted by Gasteiger charge is -2.36. The summed E-state index contributed by atoms with van der Waals surface area (Å²) >= 11 is 0. The van der Waals surface area contributed by atoms with Crippen molar-refractivity contribution in [1.29, 1.82) is 0 Å². The summed E-state index contributed by atoms with van der Waals surface area (Å²) in [6.45, 7) is 3.04. The number of hydrogen-bond acceptors (Lipinski definition) is 6. The largest absolute Gasteiger partial charge is 0.507 e. The van der Waals surface area contributed by atoms with Gasteiger partial charge in [-0.05, 0) is 30.3 Å². The van der Waals surface area contributed by atoms with Crippen LogP contribution >= 0.6 is 0 Å². The van der Waals surface area contributed by atoms with Crippen LogP contribution in [-0.2, 0) is 24.7 Å². The summed E-state index contributed by atoms with van der Waals surface area (Å²) in [6, 6.07) is 11.8. The van der Waals surface area contributed by atoms with Crippen molar-refractivity contribution >= 4 is 29.0 Å². The number of benzene rings is 2. The van der Waals surface area contributed by atoms with Crippen LogP contribution in [0.25, 0.3) is 5.76 Å². The molecule has 34 heavy (non-hydrogen) atoms. The van der Waals surface area contributed by atoms with Crippen molar-refractivity contribution in [2.45, 2.75) is 5.54 Å². The van der Waals surface area contributed by atoms with E-state index in [0.717, 1.165) is 12.1 Å². The Morgan fingerprint density at radius 2 is 1.71 bits per heavy atom. The molecule has 2 saturated heterocycles. The first-order valence-corrected chi connectivity index (χ1v) is 11.1. The molecule has 3 heterocycles. The number of aliphatic hydroxyl groups is 1. The molecule has 5 rings (SSSR count). The van der Waals surface area contributed by atoms with E-state index >= 15 is 0 Å². The Morgan fingerprint density at radius 3 is 2.41 bits per heavy atom. The number of para-hydroxylation sites is 1. The molecule has 9 heteroatoms. The lowest BCUT2D eigenvalue weighted by atomic mass is 9.82. The van der Waals surface area contributed by atoms with Crippen LogP contribution in [0.15, 0.2) is 54.1 Å². The number of amides is 2. The maximum absolute atomic E-state index is 13.9. The van der Waals surface area contributed by atoms with Crippen LogP contribution in [0.2, 0.25) is 0 Å². The second kappa shape index (κ2) is 8.34. The average molecular weight is 465 g/mol. The van der Waals surface area contributed by atoms with Crippen LogP contribution in [-0.4, -0.2) is 78.9 Å². The molecule has 1 atom stereocenters. The Morgan fingerprint density at radius 1 is 1.03 bits per heavy atom. The summed E-state index contributed by atoms with van der Waals surface area (Å²) in [5.74, 6) is -3.32. The van der Waals surface area contributed by atoms with Gasteiger partial charge in [-0.3, -0.25) is 19.3 Å². The number of ether oxygens (including phenoxy) is 1. The summed E-state index contributed by atoms with van der Waals surface area (Å²) in [7, 11) is 1.58. The molecule has 3 aliphatic rings. The van der Waals surface area contributed by atoms with Crippen LogP contribution in [0.3, 0.4) is 0 Å². The van der Waals surface area contributed by atoms with E-state index in [1.54, 1.807) is 31.3 Å². The van der Waals surface area contributed by atoms with Gasteiger partial charge in [0, 0.05) is 50.0 Å². The Balaban J connectivity index is 1.69. The van der Waals surface area contributed by atoms with Gasteiger partial charge in [0.05, 0.1) is 18.8 Å². The van der Waals surface area contributed by atoms with Gasteiger partial charge in [-0.1, -0.05) is 18.2 Å². The summed E-state index contributed by atoms with van der Waals surface area (Å²) < 4.78 is 18.9. The number of rotatable bonds is 4. The van der Waals surface area contributed by atoms with Crippen molar-refractivity contribution in [3.8, 4) is 0 Å². The molecule has 3 aliphatic heterocycles. The molecule has 2 aromatic carbocycles. The van der Waals surface area contributed by atoms with E-state index in [1.165, 1.54) is 21.9 Å². The van der Waals surface area contributed by atoms with Gasteiger partial charge in [0.15, 0.2) is 5.54 Å². The lowest BCUT2D eigenvalue weighted by molar-refractivity contribution is -0.144. The normalized spacial score (nSPS) is 24.4. The number of nitrogens with zero attached hydrogens (tertiary/aromatic N) is 3. The Hall–Kier alpha value is -3.56. The number of fused-ring (bicyclic) bond motifs is 2. The number of carbonyl (C=O) groups excluding carboxylic acids is 3. The molecule has 1 spiro atoms. The first kappa shape index (κ1) is 22.2. The quantitative estimate of drug-likeness (QED) is 0.420. The van der Waals surface area contributed by atoms with Crippen LogP contribution in [0.1, 0.15) is 11.1 Å². The molecular formula is C25H24FN3O5. The standard InChI is InChI=1S/C25H24FN3O5/c1-27-19-5-3-2-4-18(19)25(24(27)33)20(21(30)16-6-8-17(26)9-7-16)22(31)23(32)29(25)11-10-28-12-14-34-15-13-28/h2-9,30H,10-15H2,1H3/b21-20-. The molecule has 2 amide bonds. The van der Waals surface area contributed by atoms with E-state index in [1.807, 2.05) is 0 Å². The average Bonchev–Trinajstić information content (AvgIpc) is 3.22. The molecule has 1 N–H and O–H groups in total. The topological polar surface area (TPSA) is 90.4 Å². The Labute approximate surface area is 195 Å². The summed E-state index contributed by atoms with van der Waals surface area (Å²) in [4.78, 5) is 45.4. The second-order valence-electron chi connectivity index (χ2n) is 8.56. The number of anilines is 1. The zero-order chi connectivity index (χ0) is 24.0. The fourth-order valence-electron chi connectivity index (χ4n) is 5.09. The van der Waals surface area contributed by atoms with Crippen molar-refractivity contribution in [3.05, 3.63) is 71.0 Å². The van der Waals surface area contributed by atoms with Gasteiger partial charge < -0.3 is 19.6 Å². The van der Waals surface area contributed by atoms with Crippen LogP contribution in [0.5, 0.6) is 0 Å². The molecule has 1 unspecified atom stereocenters. The van der Waals surface area contributed by atoms with Crippen LogP contribution in [0, 0.1) is 5.82 Å². The summed E-state index contributed by atoms with van der Waals surface area (Å²) in [6.07, 6.45) is 0. The number of carbonyl (C=O) groups is 3. The van der Waals surface area contributed by atoms with E-state index < -0.39 is 34.7 Å². The smallest absolute Gasteiger partial charge is 0.296 e. The number of morpholine rings is 1. The first-order valence-electron chi connectivity index (χ1n) is 11.1. The predicted octanol–water partition coefficient (Wildman–Crippen LogP) is 1.71. The maximum Gasteiger partial charge on any atom is 0.296 e. The van der Waals surface area contributed by atoms with E-state index in [0.29, 0.717) is 44.1 Å². The number of Topliss-reactive ketones (excluding diaryl/α,β-unsaturated/α-hetero) is 1. The van der Waals surface area contributed by atoms with Gasteiger partial charge in [-0.25, -0.2) is 4.39 Å². The molecule has 0 bridgehead atoms. The van der Waals surface area contributed by atoms with E-state index in [2.05, 4.69) is 4.90 Å². The van der Waals surface area contributed by atoms with Crippen molar-refractivity contribution in [2.75, 3.05) is 51.3 Å². The fourth-order valence-corrected chi connectivity index (χ4v) is 5.09. The Kier molecular flexibility index (Phi) is 5.45. The number of aliphatic hydroxyl groups excluding tert-OH is 1. The highest BCUT2D eigenvalue weighted by atomic mass is 19.1. The third kappa shape index (κ3) is 3.15. The SMILES string of the molecule is CN1C(=O)C2(/C(=C(\O)c3ccc(F)cc3)C(=O)C(=O)N2CCN2CCOCC2)c2ccccc21. The molecule has 8 nitrogen and oxygen atoms in total. The number of ketones is 1. The Bertz CT molecular complexity index is 1210. The van der Waals surface area contributed by atoms with Gasteiger partial charge in [0.25, 0.3) is 17.6 Å². The zero-order valence-corrected chi connectivity index (χ0v) is 18.7. The van der Waals surface area contributed by atoms with Crippen molar-refractivity contribution in [2.24, 2.45) is 0 Å². The van der Waals surface area contributed by atoms with Crippen LogP contribution < -0.4 is 4.90 Å². The van der Waals surface area contributed by atoms with Gasteiger partial charge in [0.2, 0.25) is 0 Å². The molecule has 0 saturated carbocycles. The molecule has 0 aliphatic carbocycles. The number of likely N-dealkylation sites (N-methyl/N-ethyl adjacent to an activating group) is 1. The van der Waals surface area contributed by atoms with Gasteiger partial charge >= 0.3 is 0 Å².